The maximum Gasteiger partial charge on any atom is 0.265 e. The third kappa shape index (κ3) is 3.12. The number of carbonyl (C=O) groups excluding carboxylic acids is 1. The van der Waals surface area contributed by atoms with Gasteiger partial charge in [0.15, 0.2) is 6.29 Å². The van der Waals surface area contributed by atoms with E-state index in [2.05, 4.69) is 0 Å². The molecule has 0 amide bonds. The molecule has 6 nitrogen and oxygen atoms in total. The number of carbonyl (C=O) groups is 1. The molecule has 0 saturated carbocycles. The van der Waals surface area contributed by atoms with E-state index in [1.165, 1.54) is 24.3 Å². The van der Waals surface area contributed by atoms with Crippen LogP contribution in [0.15, 0.2) is 24.3 Å². The molecule has 1 aromatic carbocycles. The zero-order valence-corrected chi connectivity index (χ0v) is 7.66. The molecule has 0 bridgehead atoms. The van der Waals surface area contributed by atoms with Crippen LogP contribution in [0, 0.1) is 10.1 Å². The van der Waals surface area contributed by atoms with Crippen molar-refractivity contribution in [1.29, 1.82) is 0 Å². The van der Waals surface area contributed by atoms with Gasteiger partial charge in [-0.25, -0.2) is 0 Å². The van der Waals surface area contributed by atoms with Gasteiger partial charge >= 0.3 is 0 Å². The maximum atomic E-state index is 11.2. The van der Waals surface area contributed by atoms with Gasteiger partial charge in [0.2, 0.25) is 5.78 Å². The number of aliphatic hydroxyl groups excluding tert-OH is 1. The number of nitro groups is 1. The van der Waals surface area contributed by atoms with E-state index in [4.69, 9.17) is 10.2 Å². The van der Waals surface area contributed by atoms with Crippen molar-refractivity contribution in [2.24, 2.45) is 0 Å². The van der Waals surface area contributed by atoms with E-state index in [1.54, 1.807) is 0 Å². The number of benzene rings is 1. The van der Waals surface area contributed by atoms with Gasteiger partial charge in [0.05, 0.1) is 0 Å². The fourth-order valence-corrected chi connectivity index (χ4v) is 1.08. The third-order valence-electron chi connectivity index (χ3n) is 1.78. The van der Waals surface area contributed by atoms with Crippen LogP contribution in [0.25, 0.3) is 0 Å². The molecule has 6 heteroatoms. The normalized spacial score (nSPS) is 10.3. The quantitative estimate of drug-likeness (QED) is 0.319. The number of rotatable bonds is 4. The molecule has 0 fully saturated rings. The highest BCUT2D eigenvalue weighted by atomic mass is 16.6. The second-order valence-corrected chi connectivity index (χ2v) is 2.91. The Hall–Kier alpha value is -1.79. The van der Waals surface area contributed by atoms with Gasteiger partial charge in [0, 0.05) is 16.1 Å². The maximum absolute atomic E-state index is 11.2. The van der Waals surface area contributed by atoms with Crippen molar-refractivity contribution in [3.63, 3.8) is 0 Å². The Kier molecular flexibility index (Phi) is 3.48. The van der Waals surface area contributed by atoms with E-state index in [-0.39, 0.29) is 11.1 Å². The first-order valence-electron chi connectivity index (χ1n) is 4.12. The summed E-state index contributed by atoms with van der Waals surface area (Å²) >= 11 is 0. The molecule has 0 atom stereocenters. The zero-order valence-electron chi connectivity index (χ0n) is 7.66. The predicted molar refractivity (Wildman–Crippen MR) is 49.8 cm³/mol. The number of nitrogens with zero attached hydrogens (tertiary/aromatic N) is 1. The Bertz CT molecular complexity index is 388. The van der Waals surface area contributed by atoms with Crippen LogP contribution in [-0.2, 0) is 0 Å². The Morgan fingerprint density at radius 3 is 2.67 bits per heavy atom. The van der Waals surface area contributed by atoms with Crippen LogP contribution in [0.4, 0.5) is 0 Å². The molecule has 80 valence electrons. The summed E-state index contributed by atoms with van der Waals surface area (Å²) in [7, 11) is 0. The highest BCUT2D eigenvalue weighted by Crippen LogP contribution is 2.12. The van der Waals surface area contributed by atoms with E-state index in [9.17, 15) is 14.9 Å². The second kappa shape index (κ2) is 4.63. The summed E-state index contributed by atoms with van der Waals surface area (Å²) in [4.78, 5) is 20.6. The molecule has 0 unspecified atom stereocenters. The Balaban J connectivity index is 2.90. The molecular formula is C9H9NO5. The molecule has 0 spiro atoms. The van der Waals surface area contributed by atoms with E-state index < -0.39 is 23.5 Å². The summed E-state index contributed by atoms with van der Waals surface area (Å²) < 4.78 is 0. The van der Waals surface area contributed by atoms with Gasteiger partial charge < -0.3 is 10.2 Å². The molecule has 0 aromatic heterocycles. The summed E-state index contributed by atoms with van der Waals surface area (Å²) in [5.41, 5.74) is 0.224. The average Bonchev–Trinajstić information content (AvgIpc) is 2.17. The molecule has 1 rings (SSSR count). The lowest BCUT2D eigenvalue weighted by Crippen LogP contribution is -2.14. The minimum absolute atomic E-state index is 0.0947. The largest absolute Gasteiger partial charge is 0.364 e. The van der Waals surface area contributed by atoms with Crippen molar-refractivity contribution < 1.29 is 19.9 Å². The number of Topliss-reactive ketones (excluding diaryl/α,β-unsaturated/α-hetero) is 1. The first-order valence-corrected chi connectivity index (χ1v) is 4.12. The van der Waals surface area contributed by atoms with Gasteiger partial charge in [-0.3, -0.25) is 14.9 Å². The van der Waals surface area contributed by atoms with Crippen LogP contribution in [0.5, 0.6) is 0 Å². The Labute approximate surface area is 84.9 Å². The molecule has 0 aliphatic heterocycles. The van der Waals surface area contributed by atoms with Crippen LogP contribution >= 0.6 is 0 Å². The third-order valence-corrected chi connectivity index (χ3v) is 1.78. The summed E-state index contributed by atoms with van der Waals surface area (Å²) in [5.74, 6) is -0.664. The van der Waals surface area contributed by atoms with Crippen molar-refractivity contribution >= 4 is 5.78 Å². The SMILES string of the molecule is O=C(C[N+](=O)[O-])c1cccc(C(O)O)c1. The average molecular weight is 211 g/mol. The molecule has 0 saturated heterocycles. The molecule has 0 aliphatic carbocycles. The lowest BCUT2D eigenvalue weighted by Gasteiger charge is -2.04. The van der Waals surface area contributed by atoms with Crippen LogP contribution in [0.1, 0.15) is 22.2 Å². The number of ketones is 1. The van der Waals surface area contributed by atoms with Gasteiger partial charge in [-0.2, -0.15) is 0 Å². The van der Waals surface area contributed by atoms with Crippen molar-refractivity contribution in [2.75, 3.05) is 6.54 Å². The molecule has 2 N–H and O–H groups in total. The Morgan fingerprint density at radius 1 is 1.47 bits per heavy atom. The van der Waals surface area contributed by atoms with Gasteiger partial charge in [-0.15, -0.1) is 0 Å². The van der Waals surface area contributed by atoms with Crippen molar-refractivity contribution in [3.05, 3.63) is 45.5 Å². The molecule has 0 aliphatic rings. The van der Waals surface area contributed by atoms with Crippen molar-refractivity contribution in [1.82, 2.24) is 0 Å². The molecule has 0 heterocycles. The van der Waals surface area contributed by atoms with Gasteiger partial charge in [-0.1, -0.05) is 18.2 Å². The standard InChI is InChI=1S/C9H9NO5/c11-8(5-10(14)15)6-2-1-3-7(4-6)9(12)13/h1-4,9,12-13H,5H2. The zero-order chi connectivity index (χ0) is 11.4. The van der Waals surface area contributed by atoms with E-state index in [1.807, 2.05) is 0 Å². The van der Waals surface area contributed by atoms with E-state index in [0.717, 1.165) is 0 Å². The topological polar surface area (TPSA) is 101 Å². The first-order chi connectivity index (χ1) is 7.00. The minimum Gasteiger partial charge on any atom is -0.364 e. The van der Waals surface area contributed by atoms with Gasteiger partial charge in [0.1, 0.15) is 0 Å². The fourth-order valence-electron chi connectivity index (χ4n) is 1.08. The van der Waals surface area contributed by atoms with Gasteiger partial charge in [-0.05, 0) is 6.07 Å². The summed E-state index contributed by atoms with van der Waals surface area (Å²) in [6.45, 7) is -0.801. The predicted octanol–water partition coefficient (Wildman–Crippen LogP) is 0.129. The molecule has 0 radical (unpaired) electrons. The van der Waals surface area contributed by atoms with E-state index >= 15 is 0 Å². The van der Waals surface area contributed by atoms with Crippen molar-refractivity contribution in [2.45, 2.75) is 6.29 Å². The van der Waals surface area contributed by atoms with E-state index in [0.29, 0.717) is 0 Å². The monoisotopic (exact) mass is 211 g/mol. The van der Waals surface area contributed by atoms with Gasteiger partial charge in [0.25, 0.3) is 6.54 Å². The molecule has 1 aromatic rings. The second-order valence-electron chi connectivity index (χ2n) is 2.91. The van der Waals surface area contributed by atoms with Crippen LogP contribution in [-0.4, -0.2) is 27.5 Å². The lowest BCUT2D eigenvalue weighted by molar-refractivity contribution is -0.465. The lowest BCUT2D eigenvalue weighted by atomic mass is 10.1. The van der Waals surface area contributed by atoms with Crippen molar-refractivity contribution in [3.8, 4) is 0 Å². The van der Waals surface area contributed by atoms with Crippen LogP contribution < -0.4 is 0 Å². The first kappa shape index (κ1) is 11.3. The molecule has 15 heavy (non-hydrogen) atoms. The number of hydrogen-bond acceptors (Lipinski definition) is 5. The highest BCUT2D eigenvalue weighted by molar-refractivity contribution is 5.97. The Morgan fingerprint density at radius 2 is 2.13 bits per heavy atom. The summed E-state index contributed by atoms with van der Waals surface area (Å²) in [5, 5.41) is 27.7. The minimum atomic E-state index is -1.69. The highest BCUT2D eigenvalue weighted by Gasteiger charge is 2.13. The summed E-state index contributed by atoms with van der Waals surface area (Å²) in [6.07, 6.45) is -1.69. The van der Waals surface area contributed by atoms with Crippen LogP contribution in [0.2, 0.25) is 0 Å². The van der Waals surface area contributed by atoms with Crippen LogP contribution in [0.3, 0.4) is 0 Å². The number of hydrogen-bond donors (Lipinski definition) is 2. The number of aliphatic hydroxyl groups is 2. The molecular weight excluding hydrogens is 202 g/mol. The summed E-state index contributed by atoms with van der Waals surface area (Å²) in [6, 6.07) is 5.45. The fraction of sp³-hybridized carbons (Fsp3) is 0.222. The smallest absolute Gasteiger partial charge is 0.265 e.